The van der Waals surface area contributed by atoms with Crippen LogP contribution in [0.5, 0.6) is 0 Å². The van der Waals surface area contributed by atoms with Crippen molar-refractivity contribution in [3.8, 4) is 0 Å². The van der Waals surface area contributed by atoms with Gasteiger partial charge in [-0.1, -0.05) is 0 Å². The predicted octanol–water partition coefficient (Wildman–Crippen LogP) is -2.35. The van der Waals surface area contributed by atoms with E-state index in [1.807, 2.05) is 0 Å². The van der Waals surface area contributed by atoms with Gasteiger partial charge in [-0.05, 0) is 0 Å². The molecular weight excluding hydrogens is 174 g/mol. The molecule has 0 radical (unpaired) electrons. The van der Waals surface area contributed by atoms with Crippen molar-refractivity contribution >= 4 is 10.4 Å². The second kappa shape index (κ2) is 2.76. The van der Waals surface area contributed by atoms with E-state index in [1.54, 1.807) is 0 Å². The Labute approximate surface area is 62.1 Å². The average molecular weight is 177 g/mol. The van der Waals surface area contributed by atoms with Gasteiger partial charge in [0.05, 0.1) is 9.94 Å². The minimum Gasteiger partial charge on any atom is -0.713 e. The van der Waals surface area contributed by atoms with E-state index in [9.17, 15) is 13.0 Å². The molecule has 0 bridgehead atoms. The standard InChI is InChI=1S/C3H3N3O4S/c7-11(8,9)10-6-3-1-2-4-5-6/h1-3H. The summed E-state index contributed by atoms with van der Waals surface area (Å²) in [6.45, 7) is 0. The van der Waals surface area contributed by atoms with E-state index in [2.05, 4.69) is 14.6 Å². The molecule has 1 aromatic rings. The monoisotopic (exact) mass is 177 g/mol. The first-order chi connectivity index (χ1) is 5.08. The van der Waals surface area contributed by atoms with E-state index >= 15 is 0 Å². The SMILES string of the molecule is O=S(=O)([O-])O[n+]1cccnn1. The van der Waals surface area contributed by atoms with E-state index in [0.29, 0.717) is 4.85 Å². The Balaban J connectivity index is 2.82. The van der Waals surface area contributed by atoms with Crippen molar-refractivity contribution in [2.75, 3.05) is 0 Å². The first-order valence-corrected chi connectivity index (χ1v) is 3.77. The smallest absolute Gasteiger partial charge is 0.307 e. The lowest BCUT2D eigenvalue weighted by Crippen LogP contribution is -2.48. The van der Waals surface area contributed by atoms with Crippen LogP contribution in [0.2, 0.25) is 0 Å². The number of rotatable bonds is 2. The summed E-state index contributed by atoms with van der Waals surface area (Å²) in [5, 5.41) is 6.38. The van der Waals surface area contributed by atoms with E-state index in [4.69, 9.17) is 0 Å². The van der Waals surface area contributed by atoms with E-state index in [-0.39, 0.29) is 0 Å². The van der Waals surface area contributed by atoms with Crippen molar-refractivity contribution in [2.45, 2.75) is 0 Å². The first-order valence-electron chi connectivity index (χ1n) is 2.43. The predicted molar refractivity (Wildman–Crippen MR) is 28.5 cm³/mol. The zero-order chi connectivity index (χ0) is 8.32. The van der Waals surface area contributed by atoms with Gasteiger partial charge in [-0.25, -0.2) is 0 Å². The summed E-state index contributed by atoms with van der Waals surface area (Å²) >= 11 is 0. The molecule has 1 heterocycles. The summed E-state index contributed by atoms with van der Waals surface area (Å²) in [7, 11) is -4.77. The van der Waals surface area contributed by atoms with Gasteiger partial charge >= 0.3 is 10.4 Å². The highest BCUT2D eigenvalue weighted by Crippen LogP contribution is 1.70. The van der Waals surface area contributed by atoms with Crippen LogP contribution in [0.25, 0.3) is 0 Å². The average Bonchev–Trinajstić information content (AvgIpc) is 1.85. The van der Waals surface area contributed by atoms with Crippen LogP contribution in [-0.2, 0) is 10.4 Å². The fourth-order valence-corrected chi connectivity index (χ4v) is 0.661. The Hall–Kier alpha value is -1.28. The zero-order valence-electron chi connectivity index (χ0n) is 5.11. The topological polar surface area (TPSA) is 96.1 Å². The summed E-state index contributed by atoms with van der Waals surface area (Å²) in [4.78, 5) is 0.447. The maximum atomic E-state index is 9.93. The summed E-state index contributed by atoms with van der Waals surface area (Å²) < 4.78 is 33.6. The van der Waals surface area contributed by atoms with Gasteiger partial charge in [-0.2, -0.15) is 12.7 Å². The summed E-state index contributed by atoms with van der Waals surface area (Å²) in [5.41, 5.74) is 0. The molecule has 60 valence electrons. The molecule has 11 heavy (non-hydrogen) atoms. The molecule has 1 aromatic heterocycles. The van der Waals surface area contributed by atoms with Crippen molar-refractivity contribution in [3.05, 3.63) is 18.5 Å². The molecule has 0 atom stereocenters. The normalized spacial score (nSPS) is 11.0. The van der Waals surface area contributed by atoms with E-state index < -0.39 is 10.4 Å². The molecular formula is C3H3N3O4S. The Morgan fingerprint density at radius 3 is 2.73 bits per heavy atom. The molecule has 0 aliphatic carbocycles. The quantitative estimate of drug-likeness (QED) is 0.285. The van der Waals surface area contributed by atoms with Crippen molar-refractivity contribution in [3.63, 3.8) is 0 Å². The van der Waals surface area contributed by atoms with E-state index in [0.717, 1.165) is 6.20 Å². The molecule has 0 aromatic carbocycles. The first kappa shape index (κ1) is 7.82. The molecule has 0 saturated carbocycles. The van der Waals surface area contributed by atoms with Crippen molar-refractivity contribution in [2.24, 2.45) is 0 Å². The van der Waals surface area contributed by atoms with Crippen molar-refractivity contribution in [1.82, 2.24) is 10.3 Å². The fraction of sp³-hybridized carbons (Fsp3) is 0. The molecule has 0 unspecified atom stereocenters. The van der Waals surface area contributed by atoms with Gasteiger partial charge in [0, 0.05) is 6.07 Å². The lowest BCUT2D eigenvalue weighted by atomic mass is 10.7. The highest BCUT2D eigenvalue weighted by molar-refractivity contribution is 7.80. The molecule has 0 saturated heterocycles. The molecule has 0 aliphatic rings. The summed E-state index contributed by atoms with van der Waals surface area (Å²) in [6.07, 6.45) is 2.43. The largest absolute Gasteiger partial charge is 0.713 e. The summed E-state index contributed by atoms with van der Waals surface area (Å²) in [5.74, 6) is 0. The van der Waals surface area contributed by atoms with Crippen LogP contribution < -0.4 is 9.13 Å². The van der Waals surface area contributed by atoms with Gasteiger partial charge < -0.3 is 4.55 Å². The van der Waals surface area contributed by atoms with Gasteiger partial charge in [0.2, 0.25) is 0 Å². The minimum absolute atomic E-state index is 0.447. The molecule has 1 rings (SSSR count). The molecule has 0 amide bonds. The zero-order valence-corrected chi connectivity index (χ0v) is 5.93. The Kier molecular flexibility index (Phi) is 1.96. The maximum absolute atomic E-state index is 9.93. The van der Waals surface area contributed by atoms with Gasteiger partial charge in [0.15, 0.2) is 17.6 Å². The maximum Gasteiger partial charge on any atom is 0.307 e. The second-order valence-corrected chi connectivity index (χ2v) is 2.45. The molecule has 0 N–H and O–H groups in total. The highest BCUT2D eigenvalue weighted by Gasteiger charge is 2.02. The second-order valence-electron chi connectivity index (χ2n) is 1.48. The molecule has 0 aliphatic heterocycles. The third-order valence-electron chi connectivity index (χ3n) is 0.674. The van der Waals surface area contributed by atoms with Crippen LogP contribution >= 0.6 is 0 Å². The lowest BCUT2D eigenvalue weighted by Gasteiger charge is -2.00. The lowest BCUT2D eigenvalue weighted by molar-refractivity contribution is -0.908. The number of hydrogen-bond acceptors (Lipinski definition) is 6. The third-order valence-corrected chi connectivity index (χ3v) is 1.01. The Morgan fingerprint density at radius 2 is 2.27 bits per heavy atom. The van der Waals surface area contributed by atoms with Gasteiger partial charge in [0.1, 0.15) is 0 Å². The molecule has 7 nitrogen and oxygen atoms in total. The molecule has 0 spiro atoms. The van der Waals surface area contributed by atoms with Gasteiger partial charge in [-0.3, -0.25) is 0 Å². The van der Waals surface area contributed by atoms with Crippen LogP contribution in [0.15, 0.2) is 18.5 Å². The fourth-order valence-electron chi connectivity index (χ4n) is 0.394. The molecule has 0 fully saturated rings. The molecule has 8 heteroatoms. The van der Waals surface area contributed by atoms with Crippen LogP contribution in [0, 0.1) is 0 Å². The summed E-state index contributed by atoms with van der Waals surface area (Å²) in [6, 6.07) is 1.36. The third kappa shape index (κ3) is 2.87. The van der Waals surface area contributed by atoms with Crippen LogP contribution in [0.4, 0.5) is 0 Å². The van der Waals surface area contributed by atoms with Crippen molar-refractivity contribution < 1.29 is 22.1 Å². The van der Waals surface area contributed by atoms with Crippen LogP contribution in [0.1, 0.15) is 0 Å². The highest BCUT2D eigenvalue weighted by atomic mass is 32.3. The number of aromatic nitrogens is 3. The Bertz CT molecular complexity index is 322. The van der Waals surface area contributed by atoms with E-state index in [1.165, 1.54) is 12.3 Å². The number of nitrogens with zero attached hydrogens (tertiary/aromatic N) is 3. The number of hydrogen-bond donors (Lipinski definition) is 0. The van der Waals surface area contributed by atoms with Crippen molar-refractivity contribution in [1.29, 1.82) is 0 Å². The van der Waals surface area contributed by atoms with Crippen LogP contribution in [-0.4, -0.2) is 23.3 Å². The van der Waals surface area contributed by atoms with Crippen LogP contribution in [0.3, 0.4) is 0 Å². The minimum atomic E-state index is -4.77. The van der Waals surface area contributed by atoms with Gasteiger partial charge in [0.25, 0.3) is 0 Å². The van der Waals surface area contributed by atoms with Gasteiger partial charge in [-0.15, -0.1) is 0 Å². The Morgan fingerprint density at radius 1 is 1.55 bits per heavy atom.